The van der Waals surface area contributed by atoms with Gasteiger partial charge in [-0.15, -0.1) is 0 Å². The maximum atomic E-state index is 13.6. The van der Waals surface area contributed by atoms with Gasteiger partial charge in [0.25, 0.3) is 10.0 Å². The highest BCUT2D eigenvalue weighted by molar-refractivity contribution is 7.92. The third-order valence-electron chi connectivity index (χ3n) is 6.55. The number of carbonyl (C=O) groups is 1. The minimum atomic E-state index is -3.94. The summed E-state index contributed by atoms with van der Waals surface area (Å²) in [6, 6.07) is 19.9. The lowest BCUT2D eigenvalue weighted by Gasteiger charge is -2.29. The minimum Gasteiger partial charge on any atom is -0.372 e. The molecule has 0 saturated carbocycles. The van der Waals surface area contributed by atoms with Crippen molar-refractivity contribution in [3.63, 3.8) is 0 Å². The lowest BCUT2D eigenvalue weighted by atomic mass is 10.1. The summed E-state index contributed by atoms with van der Waals surface area (Å²) in [4.78, 5) is 15.5. The number of piperidine rings is 1. The minimum absolute atomic E-state index is 0.153. The van der Waals surface area contributed by atoms with Crippen molar-refractivity contribution in [2.24, 2.45) is 0 Å². The predicted octanol–water partition coefficient (Wildman–Crippen LogP) is 5.44. The van der Waals surface area contributed by atoms with E-state index in [4.69, 9.17) is 0 Å². The van der Waals surface area contributed by atoms with E-state index >= 15 is 0 Å². The summed E-state index contributed by atoms with van der Waals surface area (Å²) in [5.41, 5.74) is 5.22. The second-order valence-corrected chi connectivity index (χ2v) is 11.1. The molecule has 4 rings (SSSR count). The fourth-order valence-electron chi connectivity index (χ4n) is 4.27. The number of sulfonamides is 1. The highest BCUT2D eigenvalue weighted by atomic mass is 32.2. The Kier molecular flexibility index (Phi) is 7.45. The first-order valence-corrected chi connectivity index (χ1v) is 13.5. The molecule has 3 aromatic carbocycles. The Hall–Kier alpha value is -3.32. The van der Waals surface area contributed by atoms with E-state index in [1.165, 1.54) is 23.6 Å². The quantitative estimate of drug-likeness (QED) is 0.478. The average Bonchev–Trinajstić information content (AvgIpc) is 2.85. The number of carbonyl (C=O) groups excluding carboxylic acids is 1. The summed E-state index contributed by atoms with van der Waals surface area (Å²) in [7, 11) is -3.94. The van der Waals surface area contributed by atoms with Crippen molar-refractivity contribution < 1.29 is 13.2 Å². The predicted molar refractivity (Wildman–Crippen MR) is 143 cm³/mol. The van der Waals surface area contributed by atoms with Gasteiger partial charge in [0.2, 0.25) is 5.91 Å². The Morgan fingerprint density at radius 3 is 2.14 bits per heavy atom. The van der Waals surface area contributed by atoms with Gasteiger partial charge in [-0.3, -0.25) is 9.10 Å². The maximum absolute atomic E-state index is 13.6. The summed E-state index contributed by atoms with van der Waals surface area (Å²) < 4.78 is 28.4. The summed E-state index contributed by atoms with van der Waals surface area (Å²) in [6.45, 7) is 7.58. The van der Waals surface area contributed by atoms with Crippen LogP contribution >= 0.6 is 0 Å². The monoisotopic (exact) mass is 491 g/mol. The molecule has 0 aliphatic carbocycles. The molecule has 0 spiro atoms. The molecular formula is C28H33N3O3S. The van der Waals surface area contributed by atoms with E-state index in [0.717, 1.165) is 35.5 Å². The maximum Gasteiger partial charge on any atom is 0.264 e. The van der Waals surface area contributed by atoms with E-state index in [1.807, 2.05) is 57.2 Å². The lowest BCUT2D eigenvalue weighted by Crippen LogP contribution is -2.38. The Balaban J connectivity index is 1.56. The number of nitrogens with zero attached hydrogens (tertiary/aromatic N) is 2. The number of benzene rings is 3. The number of hydrogen-bond donors (Lipinski definition) is 1. The van der Waals surface area contributed by atoms with Crippen LogP contribution in [0.3, 0.4) is 0 Å². The largest absolute Gasteiger partial charge is 0.372 e. The number of hydrogen-bond acceptors (Lipinski definition) is 4. The van der Waals surface area contributed by atoms with Crippen LogP contribution in [0.25, 0.3) is 0 Å². The standard InChI is InChI=1S/C28H33N3O3S/c1-21-7-15-27(16-8-21)35(33,34)31(26-12-9-22(2)23(3)19-26)20-28(32)29-24-10-13-25(14-11-24)30-17-5-4-6-18-30/h7-16,19H,4-6,17-18,20H2,1-3H3,(H,29,32). The normalized spacial score (nSPS) is 14.0. The first-order chi connectivity index (χ1) is 16.7. The second kappa shape index (κ2) is 10.5. The molecular weight excluding hydrogens is 458 g/mol. The zero-order valence-electron chi connectivity index (χ0n) is 20.6. The van der Waals surface area contributed by atoms with Gasteiger partial charge in [0.05, 0.1) is 10.6 Å². The fourth-order valence-corrected chi connectivity index (χ4v) is 5.68. The highest BCUT2D eigenvalue weighted by Gasteiger charge is 2.27. The molecule has 0 radical (unpaired) electrons. The van der Waals surface area contributed by atoms with Crippen LogP contribution in [0, 0.1) is 20.8 Å². The van der Waals surface area contributed by atoms with Crippen molar-refractivity contribution in [3.8, 4) is 0 Å². The van der Waals surface area contributed by atoms with Crippen molar-refractivity contribution in [1.29, 1.82) is 0 Å². The Morgan fingerprint density at radius 1 is 0.857 bits per heavy atom. The fraction of sp³-hybridized carbons (Fsp3) is 0.321. The van der Waals surface area contributed by atoms with Crippen molar-refractivity contribution in [1.82, 2.24) is 0 Å². The molecule has 7 heteroatoms. The van der Waals surface area contributed by atoms with Crippen LogP contribution in [0.5, 0.6) is 0 Å². The molecule has 1 aliphatic rings. The van der Waals surface area contributed by atoms with Gasteiger partial charge in [-0.25, -0.2) is 8.42 Å². The highest BCUT2D eigenvalue weighted by Crippen LogP contribution is 2.27. The third-order valence-corrected chi connectivity index (χ3v) is 8.34. The van der Waals surface area contributed by atoms with E-state index in [9.17, 15) is 13.2 Å². The van der Waals surface area contributed by atoms with E-state index < -0.39 is 15.9 Å². The van der Waals surface area contributed by atoms with Gasteiger partial charge in [-0.1, -0.05) is 23.8 Å². The summed E-state index contributed by atoms with van der Waals surface area (Å²) >= 11 is 0. The Labute approximate surface area is 208 Å². The van der Waals surface area contributed by atoms with Crippen molar-refractivity contribution in [2.45, 2.75) is 44.9 Å². The number of amides is 1. The average molecular weight is 492 g/mol. The zero-order valence-corrected chi connectivity index (χ0v) is 21.4. The van der Waals surface area contributed by atoms with E-state index in [1.54, 1.807) is 30.3 Å². The number of nitrogens with one attached hydrogen (secondary N) is 1. The molecule has 1 fully saturated rings. The van der Waals surface area contributed by atoms with Gasteiger partial charge in [0.15, 0.2) is 0 Å². The molecule has 0 bridgehead atoms. The SMILES string of the molecule is Cc1ccc(S(=O)(=O)N(CC(=O)Nc2ccc(N3CCCCC3)cc2)c2ccc(C)c(C)c2)cc1. The third kappa shape index (κ3) is 5.85. The Bertz CT molecular complexity index is 1280. The summed E-state index contributed by atoms with van der Waals surface area (Å²) in [5.74, 6) is -0.398. The summed E-state index contributed by atoms with van der Waals surface area (Å²) in [6.07, 6.45) is 3.66. The van der Waals surface area contributed by atoms with Crippen LogP contribution in [0.2, 0.25) is 0 Å². The molecule has 1 N–H and O–H groups in total. The number of aryl methyl sites for hydroxylation is 3. The van der Waals surface area contributed by atoms with Crippen molar-refractivity contribution >= 4 is 33.0 Å². The van der Waals surface area contributed by atoms with Crippen molar-refractivity contribution in [2.75, 3.05) is 34.2 Å². The topological polar surface area (TPSA) is 69.7 Å². The van der Waals surface area contributed by atoms with Gasteiger partial charge in [0.1, 0.15) is 6.54 Å². The van der Waals surface area contributed by atoms with Gasteiger partial charge in [-0.2, -0.15) is 0 Å². The molecule has 3 aromatic rings. The molecule has 1 saturated heterocycles. The second-order valence-electron chi connectivity index (χ2n) is 9.24. The molecule has 1 aliphatic heterocycles. The molecule has 1 amide bonds. The first-order valence-electron chi connectivity index (χ1n) is 12.1. The van der Waals surface area contributed by atoms with Crippen LogP contribution < -0.4 is 14.5 Å². The molecule has 6 nitrogen and oxygen atoms in total. The van der Waals surface area contributed by atoms with Crippen LogP contribution in [-0.4, -0.2) is 34.0 Å². The molecule has 0 aromatic heterocycles. The number of anilines is 3. The summed E-state index contributed by atoms with van der Waals surface area (Å²) in [5, 5.41) is 2.87. The van der Waals surface area contributed by atoms with Crippen molar-refractivity contribution in [3.05, 3.63) is 83.4 Å². The number of rotatable bonds is 7. The smallest absolute Gasteiger partial charge is 0.264 e. The molecule has 184 valence electrons. The van der Waals surface area contributed by atoms with E-state index in [-0.39, 0.29) is 11.4 Å². The first kappa shape index (κ1) is 24.8. The molecule has 35 heavy (non-hydrogen) atoms. The Morgan fingerprint density at radius 2 is 1.51 bits per heavy atom. The van der Waals surface area contributed by atoms with Gasteiger partial charge >= 0.3 is 0 Å². The van der Waals surface area contributed by atoms with Gasteiger partial charge in [-0.05, 0) is 99.7 Å². The molecule has 1 heterocycles. The van der Waals surface area contributed by atoms with Gasteiger partial charge in [0, 0.05) is 24.5 Å². The lowest BCUT2D eigenvalue weighted by molar-refractivity contribution is -0.114. The van der Waals surface area contributed by atoms with E-state index in [0.29, 0.717) is 11.4 Å². The van der Waals surface area contributed by atoms with Crippen LogP contribution in [0.1, 0.15) is 36.0 Å². The van der Waals surface area contributed by atoms with E-state index in [2.05, 4.69) is 10.2 Å². The zero-order chi connectivity index (χ0) is 25.0. The van der Waals surface area contributed by atoms with Crippen LogP contribution in [0.15, 0.2) is 71.6 Å². The van der Waals surface area contributed by atoms with Crippen LogP contribution in [0.4, 0.5) is 17.1 Å². The molecule has 0 atom stereocenters. The molecule has 0 unspecified atom stereocenters. The van der Waals surface area contributed by atoms with Gasteiger partial charge < -0.3 is 10.2 Å². The van der Waals surface area contributed by atoms with Crippen LogP contribution in [-0.2, 0) is 14.8 Å².